The molecular formula is C22H26N4O4. The van der Waals surface area contributed by atoms with Crippen molar-refractivity contribution in [3.05, 3.63) is 69.8 Å². The molecule has 1 aliphatic heterocycles. The largest absolute Gasteiger partial charge is 0.371 e. The SMILES string of the molecule is CN(Cc1ccccc1N1CCCCC1)C(=O)CNC(=O)c1cccc([N+](=O)[O-])c1. The molecule has 0 atom stereocenters. The number of non-ortho nitro benzene ring substituents is 1. The van der Waals surface area contributed by atoms with Gasteiger partial charge in [0.2, 0.25) is 5.91 Å². The van der Waals surface area contributed by atoms with Gasteiger partial charge in [-0.1, -0.05) is 24.3 Å². The molecule has 1 saturated heterocycles. The summed E-state index contributed by atoms with van der Waals surface area (Å²) in [5, 5.41) is 13.4. The number of benzene rings is 2. The van der Waals surface area contributed by atoms with Crippen molar-refractivity contribution in [2.24, 2.45) is 0 Å². The third kappa shape index (κ3) is 5.34. The second-order valence-electron chi connectivity index (χ2n) is 7.42. The monoisotopic (exact) mass is 410 g/mol. The number of nitrogens with zero attached hydrogens (tertiary/aromatic N) is 3. The first-order valence-corrected chi connectivity index (χ1v) is 10.0. The third-order valence-corrected chi connectivity index (χ3v) is 5.24. The van der Waals surface area contributed by atoms with Gasteiger partial charge in [0.25, 0.3) is 11.6 Å². The van der Waals surface area contributed by atoms with Crippen LogP contribution in [0.15, 0.2) is 48.5 Å². The molecule has 1 fully saturated rings. The molecule has 0 aliphatic carbocycles. The summed E-state index contributed by atoms with van der Waals surface area (Å²) in [5.41, 5.74) is 2.20. The van der Waals surface area contributed by atoms with Gasteiger partial charge in [-0.3, -0.25) is 19.7 Å². The van der Waals surface area contributed by atoms with Crippen molar-refractivity contribution in [1.82, 2.24) is 10.2 Å². The smallest absolute Gasteiger partial charge is 0.270 e. The van der Waals surface area contributed by atoms with E-state index in [0.717, 1.165) is 24.3 Å². The highest BCUT2D eigenvalue weighted by atomic mass is 16.6. The molecule has 8 nitrogen and oxygen atoms in total. The maximum atomic E-state index is 12.5. The highest BCUT2D eigenvalue weighted by Gasteiger charge is 2.18. The number of hydrogen-bond acceptors (Lipinski definition) is 5. The van der Waals surface area contributed by atoms with Crippen LogP contribution in [0.3, 0.4) is 0 Å². The maximum absolute atomic E-state index is 12.5. The number of amides is 2. The number of nitro groups is 1. The van der Waals surface area contributed by atoms with Crippen molar-refractivity contribution in [2.45, 2.75) is 25.8 Å². The van der Waals surface area contributed by atoms with Gasteiger partial charge in [-0.25, -0.2) is 0 Å². The highest BCUT2D eigenvalue weighted by Crippen LogP contribution is 2.25. The zero-order valence-electron chi connectivity index (χ0n) is 17.0. The Morgan fingerprint density at radius 3 is 2.57 bits per heavy atom. The van der Waals surface area contributed by atoms with E-state index < -0.39 is 10.8 Å². The lowest BCUT2D eigenvalue weighted by Crippen LogP contribution is -2.38. The molecule has 1 N–H and O–H groups in total. The summed E-state index contributed by atoms with van der Waals surface area (Å²) >= 11 is 0. The Bertz CT molecular complexity index is 925. The summed E-state index contributed by atoms with van der Waals surface area (Å²) in [5.74, 6) is -0.753. The lowest BCUT2D eigenvalue weighted by atomic mass is 10.1. The van der Waals surface area contributed by atoms with E-state index >= 15 is 0 Å². The summed E-state index contributed by atoms with van der Waals surface area (Å²) in [4.78, 5) is 39.0. The first-order valence-electron chi connectivity index (χ1n) is 10.0. The van der Waals surface area contributed by atoms with E-state index in [9.17, 15) is 19.7 Å². The van der Waals surface area contributed by atoms with Crippen LogP contribution in [0.4, 0.5) is 11.4 Å². The third-order valence-electron chi connectivity index (χ3n) is 5.24. The Morgan fingerprint density at radius 1 is 1.10 bits per heavy atom. The number of hydrogen-bond donors (Lipinski definition) is 1. The van der Waals surface area contributed by atoms with Crippen molar-refractivity contribution in [3.8, 4) is 0 Å². The number of rotatable bonds is 7. The van der Waals surface area contributed by atoms with Crippen LogP contribution in [-0.4, -0.2) is 48.3 Å². The summed E-state index contributed by atoms with van der Waals surface area (Å²) in [6.07, 6.45) is 3.60. The standard InChI is InChI=1S/C22H26N4O4/c1-24(16-18-8-3-4-11-20(18)25-12-5-2-6-13-25)21(27)15-23-22(28)17-9-7-10-19(14-17)26(29)30/h3-4,7-11,14H,2,5-6,12-13,15-16H2,1H3,(H,23,28). The first-order chi connectivity index (χ1) is 14.5. The van der Waals surface area contributed by atoms with E-state index in [0.29, 0.717) is 6.54 Å². The summed E-state index contributed by atoms with van der Waals surface area (Å²) < 4.78 is 0. The van der Waals surface area contributed by atoms with Crippen LogP contribution in [0.2, 0.25) is 0 Å². The minimum atomic E-state index is -0.560. The molecule has 0 spiro atoms. The number of carbonyl (C=O) groups excluding carboxylic acids is 2. The number of nitro benzene ring substituents is 1. The fraction of sp³-hybridized carbons (Fsp3) is 0.364. The van der Waals surface area contributed by atoms with Crippen LogP contribution in [0.25, 0.3) is 0 Å². The van der Waals surface area contributed by atoms with Crippen molar-refractivity contribution >= 4 is 23.2 Å². The Balaban J connectivity index is 1.58. The number of anilines is 1. The quantitative estimate of drug-likeness (QED) is 0.559. The number of para-hydroxylation sites is 1. The molecule has 2 aromatic rings. The molecule has 0 radical (unpaired) electrons. The molecule has 2 aromatic carbocycles. The molecule has 1 heterocycles. The van der Waals surface area contributed by atoms with E-state index in [2.05, 4.69) is 16.3 Å². The second kappa shape index (κ2) is 9.87. The maximum Gasteiger partial charge on any atom is 0.270 e. The van der Waals surface area contributed by atoms with Gasteiger partial charge in [0.1, 0.15) is 0 Å². The van der Waals surface area contributed by atoms with Crippen molar-refractivity contribution in [3.63, 3.8) is 0 Å². The summed E-state index contributed by atoms with van der Waals surface area (Å²) in [6.45, 7) is 2.31. The zero-order valence-corrected chi connectivity index (χ0v) is 17.0. The lowest BCUT2D eigenvalue weighted by molar-refractivity contribution is -0.384. The van der Waals surface area contributed by atoms with Crippen LogP contribution in [0.5, 0.6) is 0 Å². The molecule has 158 valence electrons. The topological polar surface area (TPSA) is 95.8 Å². The van der Waals surface area contributed by atoms with Crippen molar-refractivity contribution in [2.75, 3.05) is 31.6 Å². The normalized spacial score (nSPS) is 13.6. The van der Waals surface area contributed by atoms with E-state index in [4.69, 9.17) is 0 Å². The van der Waals surface area contributed by atoms with Crippen LogP contribution < -0.4 is 10.2 Å². The Labute approximate surface area is 175 Å². The number of piperidine rings is 1. The van der Waals surface area contributed by atoms with Crippen LogP contribution in [0, 0.1) is 10.1 Å². The van der Waals surface area contributed by atoms with Gasteiger partial charge in [-0.2, -0.15) is 0 Å². The summed E-state index contributed by atoms with van der Waals surface area (Å²) in [7, 11) is 1.70. The first kappa shape index (κ1) is 21.3. The Morgan fingerprint density at radius 2 is 1.83 bits per heavy atom. The van der Waals surface area contributed by atoms with Gasteiger partial charge >= 0.3 is 0 Å². The molecule has 0 saturated carbocycles. The van der Waals surface area contributed by atoms with Crippen molar-refractivity contribution in [1.29, 1.82) is 0 Å². The van der Waals surface area contributed by atoms with Crippen LogP contribution in [0.1, 0.15) is 35.2 Å². The number of nitrogens with one attached hydrogen (secondary N) is 1. The Hall–Kier alpha value is -3.42. The average Bonchev–Trinajstić information content (AvgIpc) is 2.78. The van der Waals surface area contributed by atoms with Gasteiger partial charge in [0.15, 0.2) is 0 Å². The van der Waals surface area contributed by atoms with E-state index in [1.807, 2.05) is 18.2 Å². The fourth-order valence-electron chi connectivity index (χ4n) is 3.59. The van der Waals surface area contributed by atoms with Gasteiger partial charge in [-0.15, -0.1) is 0 Å². The van der Waals surface area contributed by atoms with Gasteiger partial charge in [0.05, 0.1) is 11.5 Å². The number of carbonyl (C=O) groups is 2. The van der Waals surface area contributed by atoms with E-state index in [-0.39, 0.29) is 23.7 Å². The predicted molar refractivity (Wildman–Crippen MR) is 114 cm³/mol. The van der Waals surface area contributed by atoms with E-state index in [1.165, 1.54) is 43.5 Å². The molecule has 8 heteroatoms. The van der Waals surface area contributed by atoms with Crippen molar-refractivity contribution < 1.29 is 14.5 Å². The minimum Gasteiger partial charge on any atom is -0.371 e. The number of likely N-dealkylation sites (N-methyl/N-ethyl adjacent to an activating group) is 1. The van der Waals surface area contributed by atoms with Gasteiger partial charge < -0.3 is 15.1 Å². The molecule has 2 amide bonds. The van der Waals surface area contributed by atoms with Gasteiger partial charge in [-0.05, 0) is 37.0 Å². The molecule has 0 unspecified atom stereocenters. The molecular weight excluding hydrogens is 384 g/mol. The molecule has 30 heavy (non-hydrogen) atoms. The van der Waals surface area contributed by atoms with E-state index in [1.54, 1.807) is 11.9 Å². The minimum absolute atomic E-state index is 0.148. The van der Waals surface area contributed by atoms with Crippen LogP contribution >= 0.6 is 0 Å². The molecule has 3 rings (SSSR count). The van der Waals surface area contributed by atoms with Crippen LogP contribution in [-0.2, 0) is 11.3 Å². The zero-order chi connectivity index (χ0) is 21.5. The average molecular weight is 410 g/mol. The molecule has 0 aromatic heterocycles. The fourth-order valence-corrected chi connectivity index (χ4v) is 3.59. The molecule has 0 bridgehead atoms. The second-order valence-corrected chi connectivity index (χ2v) is 7.42. The summed E-state index contributed by atoms with van der Waals surface area (Å²) in [6, 6.07) is 13.5. The lowest BCUT2D eigenvalue weighted by Gasteiger charge is -2.31. The Kier molecular flexibility index (Phi) is 7.00. The molecule has 1 aliphatic rings. The predicted octanol–water partition coefficient (Wildman–Crippen LogP) is 2.97. The highest BCUT2D eigenvalue weighted by molar-refractivity contribution is 5.96. The van der Waals surface area contributed by atoms with Gasteiger partial charge in [0, 0.05) is 50.1 Å².